The second-order valence-corrected chi connectivity index (χ2v) is 19.0. The topological polar surface area (TPSA) is 268 Å². The van der Waals surface area contributed by atoms with E-state index >= 15 is 0 Å². The SMILES string of the molecule is C=CCOC(=O)N[C@H](C(=O)N[C@@H](C)C(=O)Nc1ccc(COC(=O)N2c3cc(OCCCOc4cc5c(cc4OC)C(=O)N4CC(=C)C[C@H]4[C@H](O)N5B(C)O)c(OC)cc3C(=O)N3CC(=C)C[C@H]3[C@@H]2O)cc1)C(C)C. The minimum Gasteiger partial charge on any atom is -0.493 e. The van der Waals surface area contributed by atoms with Crippen LogP contribution in [0.1, 0.15) is 66.3 Å². The summed E-state index contributed by atoms with van der Waals surface area (Å²) in [4.78, 5) is 85.6. The highest BCUT2D eigenvalue weighted by atomic mass is 16.6. The van der Waals surface area contributed by atoms with Crippen molar-refractivity contribution in [1.82, 2.24) is 20.4 Å². The van der Waals surface area contributed by atoms with Gasteiger partial charge in [-0.15, -0.1) is 0 Å². The Labute approximate surface area is 434 Å². The van der Waals surface area contributed by atoms with Crippen molar-refractivity contribution < 1.29 is 72.4 Å². The maximum absolute atomic E-state index is 14.2. The van der Waals surface area contributed by atoms with Crippen LogP contribution in [0, 0.1) is 5.92 Å². The molecule has 3 aromatic carbocycles. The quantitative estimate of drug-likeness (QED) is 0.0558. The molecule has 6 atom stereocenters. The standard InChI is InChI=1S/C52H64BN7O15/c1-10-16-74-51(67)56-44(28(2)3)46(62)54-31(6)45(61)55-33-14-12-32(13-15-33)27-75-52(68)59-36-23-42(40(70-8)21-34(36)47(63)57-25-29(4)19-38(57)49(59)65)72-17-11-18-73-43-24-37-35(22-41(43)71-9)48(64)58-26-30(5)20-39(58)50(66)60(37)53(7)69/h10,12-15,21-24,28,31,38-39,44,49-50,65-66,69H,1,4-5,11,16-20,25-27H2,2-3,6-9H3,(H,54,62)(H,55,61)(H,56,67)/t31-,38-,39-,44-,49-,50-/m0/s1. The Morgan fingerprint density at radius 2 is 1.32 bits per heavy atom. The van der Waals surface area contributed by atoms with Crippen LogP contribution < -0.4 is 44.6 Å². The fourth-order valence-electron chi connectivity index (χ4n) is 9.39. The van der Waals surface area contributed by atoms with Crippen molar-refractivity contribution in [2.75, 3.05) is 62.2 Å². The maximum Gasteiger partial charge on any atom is 0.416 e. The van der Waals surface area contributed by atoms with Crippen LogP contribution in [0.15, 0.2) is 85.5 Å². The highest BCUT2D eigenvalue weighted by Crippen LogP contribution is 2.44. The van der Waals surface area contributed by atoms with Crippen LogP contribution in [0.25, 0.3) is 0 Å². The molecule has 0 radical (unpaired) electrons. The Kier molecular flexibility index (Phi) is 17.3. The molecular formula is C52H64BN7O15. The number of amides is 6. The van der Waals surface area contributed by atoms with Crippen molar-refractivity contribution in [3.8, 4) is 23.0 Å². The van der Waals surface area contributed by atoms with E-state index in [0.29, 0.717) is 23.2 Å². The lowest BCUT2D eigenvalue weighted by Crippen LogP contribution is -2.53. The molecule has 0 aromatic heterocycles. The van der Waals surface area contributed by atoms with Gasteiger partial charge < -0.3 is 74.2 Å². The Bertz CT molecular complexity index is 2720. The molecule has 0 bridgehead atoms. The van der Waals surface area contributed by atoms with Crippen LogP contribution in [-0.2, 0) is 25.7 Å². The average molecular weight is 1040 g/mol. The van der Waals surface area contributed by atoms with Gasteiger partial charge in [0.05, 0.1) is 56.3 Å². The number of anilines is 3. The van der Waals surface area contributed by atoms with E-state index in [0.717, 1.165) is 10.5 Å². The molecule has 0 spiro atoms. The van der Waals surface area contributed by atoms with Crippen molar-refractivity contribution in [2.45, 2.75) is 90.1 Å². The number of nitrogens with zero attached hydrogens (tertiary/aromatic N) is 4. The first-order valence-electron chi connectivity index (χ1n) is 24.4. The van der Waals surface area contributed by atoms with Gasteiger partial charge in [-0.25, -0.2) is 14.5 Å². The van der Waals surface area contributed by atoms with Crippen molar-refractivity contribution in [2.24, 2.45) is 5.92 Å². The van der Waals surface area contributed by atoms with E-state index in [1.54, 1.807) is 49.1 Å². The number of carbonyl (C=O) groups is 6. The molecule has 4 aliphatic heterocycles. The van der Waals surface area contributed by atoms with E-state index in [1.165, 1.54) is 62.0 Å². The van der Waals surface area contributed by atoms with Crippen molar-refractivity contribution in [1.29, 1.82) is 0 Å². The van der Waals surface area contributed by atoms with Gasteiger partial charge >= 0.3 is 19.2 Å². The summed E-state index contributed by atoms with van der Waals surface area (Å²) in [7, 11) is 1.66. The van der Waals surface area contributed by atoms with E-state index in [1.807, 2.05) is 0 Å². The fourth-order valence-corrected chi connectivity index (χ4v) is 9.39. The molecule has 6 amide bonds. The van der Waals surface area contributed by atoms with Crippen LogP contribution in [0.2, 0.25) is 6.82 Å². The number of fused-ring (bicyclic) bond motifs is 4. The minimum atomic E-state index is -1.57. The van der Waals surface area contributed by atoms with E-state index < -0.39 is 73.6 Å². The monoisotopic (exact) mass is 1040 g/mol. The number of benzene rings is 3. The number of methoxy groups -OCH3 is 2. The molecular weight excluding hydrogens is 973 g/mol. The smallest absolute Gasteiger partial charge is 0.416 e. The molecule has 2 fully saturated rings. The van der Waals surface area contributed by atoms with Gasteiger partial charge in [-0.05, 0) is 62.3 Å². The zero-order chi connectivity index (χ0) is 54.4. The first kappa shape index (κ1) is 55.0. The number of rotatable bonds is 19. The second-order valence-electron chi connectivity index (χ2n) is 19.0. The van der Waals surface area contributed by atoms with Gasteiger partial charge in [-0.2, -0.15) is 0 Å². The Balaban J connectivity index is 1.02. The highest BCUT2D eigenvalue weighted by molar-refractivity contribution is 6.54. The molecule has 23 heteroatoms. The van der Waals surface area contributed by atoms with E-state index in [9.17, 15) is 44.0 Å². The number of aliphatic hydroxyl groups excluding tert-OH is 2. The Hall–Kier alpha value is -7.76. The molecule has 400 valence electrons. The predicted octanol–water partition coefficient (Wildman–Crippen LogP) is 4.20. The van der Waals surface area contributed by atoms with E-state index in [4.69, 9.17) is 28.4 Å². The molecule has 4 heterocycles. The third kappa shape index (κ3) is 12.0. The summed E-state index contributed by atoms with van der Waals surface area (Å²) in [5.74, 6) is -1.47. The van der Waals surface area contributed by atoms with Gasteiger partial charge in [0.25, 0.3) is 11.8 Å². The van der Waals surface area contributed by atoms with Crippen molar-refractivity contribution >= 4 is 59.9 Å². The van der Waals surface area contributed by atoms with Gasteiger partial charge in [0.2, 0.25) is 11.8 Å². The van der Waals surface area contributed by atoms with Crippen LogP contribution in [-0.4, -0.2) is 152 Å². The van der Waals surface area contributed by atoms with Gasteiger partial charge in [0.1, 0.15) is 31.5 Å². The number of aliphatic hydroxyl groups is 2. The largest absolute Gasteiger partial charge is 0.493 e. The predicted molar refractivity (Wildman–Crippen MR) is 276 cm³/mol. The molecule has 6 N–H and O–H groups in total. The molecule has 0 saturated carbocycles. The first-order chi connectivity index (χ1) is 35.8. The number of hydrogen-bond acceptors (Lipinski definition) is 16. The summed E-state index contributed by atoms with van der Waals surface area (Å²) in [6, 6.07) is 8.86. The molecule has 0 unspecified atom stereocenters. The lowest BCUT2D eigenvalue weighted by molar-refractivity contribution is -0.128. The van der Waals surface area contributed by atoms with E-state index in [2.05, 4.69) is 35.7 Å². The van der Waals surface area contributed by atoms with Gasteiger partial charge in [0, 0.05) is 43.0 Å². The summed E-state index contributed by atoms with van der Waals surface area (Å²) >= 11 is 0. The third-order valence-corrected chi connectivity index (χ3v) is 13.2. The maximum atomic E-state index is 14.2. The van der Waals surface area contributed by atoms with Gasteiger partial charge in [-0.1, -0.05) is 62.9 Å². The average Bonchev–Trinajstić information content (AvgIpc) is 3.94. The molecule has 3 aromatic rings. The van der Waals surface area contributed by atoms with E-state index in [-0.39, 0.29) is 110 Å². The first-order valence-corrected chi connectivity index (χ1v) is 24.4. The normalized spacial score (nSPS) is 19.6. The molecule has 22 nitrogen and oxygen atoms in total. The number of nitrogens with one attached hydrogen (secondary N) is 3. The summed E-state index contributed by atoms with van der Waals surface area (Å²) in [5.41, 5.74) is 2.88. The summed E-state index contributed by atoms with van der Waals surface area (Å²) < 4.78 is 34.3. The summed E-state index contributed by atoms with van der Waals surface area (Å²) in [6.45, 7) is 18.2. The van der Waals surface area contributed by atoms with Gasteiger partial charge in [0.15, 0.2) is 29.2 Å². The number of ether oxygens (including phenoxy) is 6. The van der Waals surface area contributed by atoms with Crippen LogP contribution in [0.3, 0.4) is 0 Å². The second kappa shape index (κ2) is 23.6. The number of hydrogen-bond donors (Lipinski definition) is 6. The lowest BCUT2D eigenvalue weighted by Gasteiger charge is -2.34. The van der Waals surface area contributed by atoms with Crippen LogP contribution >= 0.6 is 0 Å². The molecule has 0 aliphatic carbocycles. The zero-order valence-corrected chi connectivity index (χ0v) is 42.8. The lowest BCUT2D eigenvalue weighted by atomic mass is 9.82. The fraction of sp³-hybridized carbons (Fsp3) is 0.423. The summed E-state index contributed by atoms with van der Waals surface area (Å²) in [5, 5.41) is 42.0. The molecule has 7 rings (SSSR count). The van der Waals surface area contributed by atoms with Crippen LogP contribution in [0.4, 0.5) is 26.7 Å². The Morgan fingerprint density at radius 1 is 0.773 bits per heavy atom. The minimum absolute atomic E-state index is 0.00542. The Morgan fingerprint density at radius 3 is 1.85 bits per heavy atom. The third-order valence-electron chi connectivity index (χ3n) is 13.2. The van der Waals surface area contributed by atoms with Crippen LogP contribution in [0.5, 0.6) is 23.0 Å². The number of alkyl carbamates (subject to hydrolysis) is 1. The molecule has 2 saturated heterocycles. The van der Waals surface area contributed by atoms with Gasteiger partial charge in [-0.3, -0.25) is 19.2 Å². The zero-order valence-electron chi connectivity index (χ0n) is 42.8. The number of carbonyl (C=O) groups excluding carboxylic acids is 6. The molecule has 75 heavy (non-hydrogen) atoms. The molecule has 4 aliphatic rings. The van der Waals surface area contributed by atoms with Crippen molar-refractivity contribution in [3.63, 3.8) is 0 Å². The highest BCUT2D eigenvalue weighted by Gasteiger charge is 2.48. The van der Waals surface area contributed by atoms with Crippen molar-refractivity contribution in [3.05, 3.63) is 102 Å². The summed E-state index contributed by atoms with van der Waals surface area (Å²) in [6.07, 6.45) is -2.32.